The van der Waals surface area contributed by atoms with E-state index >= 15 is 0 Å². The minimum Gasteiger partial charge on any atom is -0.492 e. The van der Waals surface area contributed by atoms with Gasteiger partial charge in [-0.3, -0.25) is 9.59 Å². The summed E-state index contributed by atoms with van der Waals surface area (Å²) in [6.07, 6.45) is 0.986. The van der Waals surface area contributed by atoms with Crippen molar-refractivity contribution in [3.05, 3.63) is 46.6 Å². The topological polar surface area (TPSA) is 43.4 Å². The van der Waals surface area contributed by atoms with Crippen LogP contribution in [0.1, 0.15) is 30.1 Å². The van der Waals surface area contributed by atoms with Gasteiger partial charge in [-0.25, -0.2) is 0 Å². The highest BCUT2D eigenvalue weighted by Gasteiger charge is 2.35. The first-order valence-corrected chi connectivity index (χ1v) is 7.11. The van der Waals surface area contributed by atoms with Crippen LogP contribution in [0, 0.1) is 0 Å². The summed E-state index contributed by atoms with van der Waals surface area (Å²) < 4.78 is 5.14. The lowest BCUT2D eigenvalue weighted by atomic mass is 10.0. The summed E-state index contributed by atoms with van der Waals surface area (Å²) in [5, 5.41) is -0.336. The molecule has 1 aliphatic rings. The molecule has 0 fully saturated rings. The summed E-state index contributed by atoms with van der Waals surface area (Å²) in [6.45, 7) is 1.98. The Hall–Kier alpha value is -1.55. The Morgan fingerprint density at radius 2 is 2.00 bits per heavy atom. The SMILES string of the molecule is CCC1=C(OC)C(=O)C(CC(=O)c2ccccc2)S1. The molecule has 1 aromatic rings. The first-order chi connectivity index (χ1) is 9.17. The molecule has 19 heavy (non-hydrogen) atoms. The molecular formula is C15H16O3S. The lowest BCUT2D eigenvalue weighted by Crippen LogP contribution is -2.19. The Balaban J connectivity index is 2.07. The highest BCUT2D eigenvalue weighted by Crippen LogP contribution is 2.39. The number of hydrogen-bond donors (Lipinski definition) is 0. The van der Waals surface area contributed by atoms with Crippen LogP contribution < -0.4 is 0 Å². The molecule has 0 spiro atoms. The number of carbonyl (C=O) groups is 2. The third-order valence-electron chi connectivity index (χ3n) is 3.05. The predicted octanol–water partition coefficient (Wildman–Crippen LogP) is 3.21. The van der Waals surface area contributed by atoms with Gasteiger partial charge in [0.15, 0.2) is 11.5 Å². The summed E-state index contributed by atoms with van der Waals surface area (Å²) in [5.41, 5.74) is 0.653. The molecule has 0 amide bonds. The fraction of sp³-hybridized carbons (Fsp3) is 0.333. The van der Waals surface area contributed by atoms with Crippen LogP contribution in [0.5, 0.6) is 0 Å². The molecule has 1 unspecified atom stereocenters. The van der Waals surface area contributed by atoms with Gasteiger partial charge in [0.1, 0.15) is 0 Å². The van der Waals surface area contributed by atoms with Gasteiger partial charge in [-0.15, -0.1) is 11.8 Å². The molecule has 0 aromatic heterocycles. The van der Waals surface area contributed by atoms with Crippen molar-refractivity contribution in [3.8, 4) is 0 Å². The van der Waals surface area contributed by atoms with Gasteiger partial charge in [-0.1, -0.05) is 37.3 Å². The minimum absolute atomic E-state index is 0.000689. The number of rotatable bonds is 5. The van der Waals surface area contributed by atoms with E-state index in [-0.39, 0.29) is 23.2 Å². The van der Waals surface area contributed by atoms with Crippen LogP contribution >= 0.6 is 11.8 Å². The van der Waals surface area contributed by atoms with Crippen molar-refractivity contribution in [2.24, 2.45) is 0 Å². The molecule has 0 aliphatic carbocycles. The summed E-state index contributed by atoms with van der Waals surface area (Å²) >= 11 is 1.46. The van der Waals surface area contributed by atoms with Crippen molar-refractivity contribution in [1.82, 2.24) is 0 Å². The number of thioether (sulfide) groups is 1. The number of Topliss-reactive ketones (excluding diaryl/α,β-unsaturated/α-hetero) is 2. The molecule has 1 atom stereocenters. The van der Waals surface area contributed by atoms with Crippen molar-refractivity contribution in [1.29, 1.82) is 0 Å². The van der Waals surface area contributed by atoms with Crippen LogP contribution in [-0.2, 0) is 9.53 Å². The number of benzene rings is 1. The minimum atomic E-state index is -0.336. The number of ether oxygens (including phenoxy) is 1. The maximum absolute atomic E-state index is 12.1. The monoisotopic (exact) mass is 276 g/mol. The number of allylic oxidation sites excluding steroid dienone is 2. The van der Waals surface area contributed by atoms with Crippen LogP contribution in [0.15, 0.2) is 41.0 Å². The third kappa shape index (κ3) is 2.89. The first-order valence-electron chi connectivity index (χ1n) is 6.23. The molecule has 0 saturated carbocycles. The normalized spacial score (nSPS) is 18.8. The van der Waals surface area contributed by atoms with E-state index in [2.05, 4.69) is 0 Å². The number of hydrogen-bond acceptors (Lipinski definition) is 4. The van der Waals surface area contributed by atoms with Gasteiger partial charge in [0.2, 0.25) is 5.78 Å². The maximum Gasteiger partial charge on any atom is 0.211 e. The Morgan fingerprint density at radius 3 is 2.53 bits per heavy atom. The molecule has 0 radical (unpaired) electrons. The molecule has 0 bridgehead atoms. The number of methoxy groups -OCH3 is 1. The molecule has 100 valence electrons. The van der Waals surface area contributed by atoms with Crippen molar-refractivity contribution in [2.75, 3.05) is 7.11 Å². The van der Waals surface area contributed by atoms with Crippen molar-refractivity contribution in [2.45, 2.75) is 25.0 Å². The smallest absolute Gasteiger partial charge is 0.211 e. The second-order valence-corrected chi connectivity index (χ2v) is 5.57. The van der Waals surface area contributed by atoms with Gasteiger partial charge in [0.05, 0.1) is 12.4 Å². The zero-order chi connectivity index (χ0) is 13.8. The quantitative estimate of drug-likeness (QED) is 0.775. The van der Waals surface area contributed by atoms with Gasteiger partial charge in [-0.05, 0) is 6.42 Å². The zero-order valence-corrected chi connectivity index (χ0v) is 11.8. The molecule has 0 N–H and O–H groups in total. The van der Waals surface area contributed by atoms with Crippen LogP contribution in [0.3, 0.4) is 0 Å². The molecule has 1 aromatic carbocycles. The van der Waals surface area contributed by atoms with Gasteiger partial charge in [0.25, 0.3) is 0 Å². The van der Waals surface area contributed by atoms with Crippen LogP contribution in [0.2, 0.25) is 0 Å². The zero-order valence-electron chi connectivity index (χ0n) is 11.0. The highest BCUT2D eigenvalue weighted by atomic mass is 32.2. The summed E-state index contributed by atoms with van der Waals surface area (Å²) in [5.74, 6) is 0.367. The molecule has 0 saturated heterocycles. The van der Waals surface area contributed by atoms with E-state index in [9.17, 15) is 9.59 Å². The van der Waals surface area contributed by atoms with E-state index in [0.717, 1.165) is 11.3 Å². The lowest BCUT2D eigenvalue weighted by Gasteiger charge is -2.07. The fourth-order valence-corrected chi connectivity index (χ4v) is 3.32. The molecule has 1 aliphatic heterocycles. The van der Waals surface area contributed by atoms with E-state index in [1.54, 1.807) is 12.1 Å². The summed E-state index contributed by atoms with van der Waals surface area (Å²) in [7, 11) is 1.50. The van der Waals surface area contributed by atoms with E-state index in [1.165, 1.54) is 18.9 Å². The average molecular weight is 276 g/mol. The Bertz CT molecular complexity index is 519. The second kappa shape index (κ2) is 6.06. The van der Waals surface area contributed by atoms with E-state index < -0.39 is 0 Å². The maximum atomic E-state index is 12.1. The number of ketones is 2. The third-order valence-corrected chi connectivity index (χ3v) is 4.47. The Morgan fingerprint density at radius 1 is 1.32 bits per heavy atom. The highest BCUT2D eigenvalue weighted by molar-refractivity contribution is 8.04. The molecular weight excluding hydrogens is 260 g/mol. The first kappa shape index (κ1) is 13.9. The summed E-state index contributed by atoms with van der Waals surface area (Å²) in [4.78, 5) is 25.2. The van der Waals surface area contributed by atoms with E-state index in [1.807, 2.05) is 25.1 Å². The lowest BCUT2D eigenvalue weighted by molar-refractivity contribution is -0.117. The van der Waals surface area contributed by atoms with E-state index in [0.29, 0.717) is 11.3 Å². The predicted molar refractivity (Wildman–Crippen MR) is 76.1 cm³/mol. The van der Waals surface area contributed by atoms with Crippen molar-refractivity contribution >= 4 is 23.3 Å². The fourth-order valence-electron chi connectivity index (χ4n) is 2.07. The van der Waals surface area contributed by atoms with Crippen LogP contribution in [0.25, 0.3) is 0 Å². The molecule has 2 rings (SSSR count). The molecule has 4 heteroatoms. The standard InChI is InChI=1S/C15H16O3S/c1-3-12-15(18-2)14(17)13(19-12)9-11(16)10-7-5-4-6-8-10/h4-8,13H,3,9H2,1-2H3. The van der Waals surface area contributed by atoms with Gasteiger partial charge < -0.3 is 4.74 Å². The van der Waals surface area contributed by atoms with Crippen molar-refractivity contribution < 1.29 is 14.3 Å². The van der Waals surface area contributed by atoms with E-state index in [4.69, 9.17) is 4.74 Å². The largest absolute Gasteiger partial charge is 0.492 e. The Kier molecular flexibility index (Phi) is 4.43. The average Bonchev–Trinajstić information content (AvgIpc) is 2.75. The molecule has 1 heterocycles. The summed E-state index contributed by atoms with van der Waals surface area (Å²) in [6, 6.07) is 9.07. The van der Waals surface area contributed by atoms with Gasteiger partial charge in [-0.2, -0.15) is 0 Å². The Labute approximate surface area is 117 Å². The second-order valence-electron chi connectivity index (χ2n) is 4.27. The van der Waals surface area contributed by atoms with Crippen LogP contribution in [-0.4, -0.2) is 23.9 Å². The van der Waals surface area contributed by atoms with Gasteiger partial charge in [0, 0.05) is 16.9 Å². The molecule has 3 nitrogen and oxygen atoms in total. The van der Waals surface area contributed by atoms with Crippen molar-refractivity contribution in [3.63, 3.8) is 0 Å². The van der Waals surface area contributed by atoms with Crippen LogP contribution in [0.4, 0.5) is 0 Å². The number of carbonyl (C=O) groups excluding carboxylic acids is 2. The van der Waals surface area contributed by atoms with Gasteiger partial charge >= 0.3 is 0 Å².